The van der Waals surface area contributed by atoms with Crippen LogP contribution in [0.3, 0.4) is 0 Å². The summed E-state index contributed by atoms with van der Waals surface area (Å²) in [4.78, 5) is 11.7. The molecule has 0 aliphatic heterocycles. The fraction of sp³-hybridized carbons (Fsp3) is 0.462. The summed E-state index contributed by atoms with van der Waals surface area (Å²) in [5.74, 6) is -0.179. The molecule has 1 fully saturated rings. The molecule has 86 valence electrons. The third kappa shape index (κ3) is 1.71. The largest absolute Gasteiger partial charge is 0.469 e. The van der Waals surface area contributed by atoms with Crippen LogP contribution in [-0.2, 0) is 9.53 Å². The maximum Gasteiger partial charge on any atom is 0.313 e. The standard InChI is InChI=1S/C13H17NO2/c1-9-4-3-5-10(8-9)11(14)13(6-7-13)12(15)16-2/h3-5,8,11H,6-7,14H2,1-2H3. The van der Waals surface area contributed by atoms with E-state index in [0.717, 1.165) is 24.0 Å². The molecule has 1 unspecified atom stereocenters. The van der Waals surface area contributed by atoms with Crippen LogP contribution in [0.5, 0.6) is 0 Å². The number of carbonyl (C=O) groups is 1. The molecule has 1 aromatic rings. The lowest BCUT2D eigenvalue weighted by Gasteiger charge is -2.21. The van der Waals surface area contributed by atoms with E-state index in [2.05, 4.69) is 0 Å². The van der Waals surface area contributed by atoms with Gasteiger partial charge < -0.3 is 10.5 Å². The molecule has 2 rings (SSSR count). The molecule has 0 aromatic heterocycles. The average molecular weight is 219 g/mol. The normalized spacial score (nSPS) is 18.9. The van der Waals surface area contributed by atoms with Gasteiger partial charge in [-0.05, 0) is 25.3 Å². The molecule has 0 spiro atoms. The van der Waals surface area contributed by atoms with Gasteiger partial charge in [-0.2, -0.15) is 0 Å². The Hall–Kier alpha value is -1.35. The quantitative estimate of drug-likeness (QED) is 0.790. The highest BCUT2D eigenvalue weighted by Gasteiger charge is 2.56. The van der Waals surface area contributed by atoms with Crippen molar-refractivity contribution in [1.29, 1.82) is 0 Å². The summed E-state index contributed by atoms with van der Waals surface area (Å²) in [7, 11) is 1.42. The number of benzene rings is 1. The van der Waals surface area contributed by atoms with E-state index in [0.29, 0.717) is 0 Å². The highest BCUT2D eigenvalue weighted by molar-refractivity contribution is 5.81. The average Bonchev–Trinajstić information content (AvgIpc) is 3.08. The first-order valence-electron chi connectivity index (χ1n) is 5.51. The smallest absolute Gasteiger partial charge is 0.313 e. The fourth-order valence-electron chi connectivity index (χ4n) is 2.16. The maximum absolute atomic E-state index is 11.7. The van der Waals surface area contributed by atoms with Crippen LogP contribution in [0.1, 0.15) is 30.0 Å². The fourth-order valence-corrected chi connectivity index (χ4v) is 2.16. The molecule has 0 amide bonds. The van der Waals surface area contributed by atoms with E-state index < -0.39 is 5.41 Å². The van der Waals surface area contributed by atoms with Gasteiger partial charge in [0.1, 0.15) is 0 Å². The number of esters is 1. The van der Waals surface area contributed by atoms with E-state index in [9.17, 15) is 4.79 Å². The van der Waals surface area contributed by atoms with E-state index in [4.69, 9.17) is 10.5 Å². The number of nitrogens with two attached hydrogens (primary N) is 1. The second-order valence-electron chi connectivity index (χ2n) is 4.54. The molecular weight excluding hydrogens is 202 g/mol. The molecule has 1 atom stereocenters. The van der Waals surface area contributed by atoms with Crippen molar-refractivity contribution in [1.82, 2.24) is 0 Å². The minimum atomic E-state index is -0.470. The van der Waals surface area contributed by atoms with E-state index >= 15 is 0 Å². The van der Waals surface area contributed by atoms with Gasteiger partial charge in [-0.15, -0.1) is 0 Å². The van der Waals surface area contributed by atoms with Gasteiger partial charge in [0, 0.05) is 6.04 Å². The van der Waals surface area contributed by atoms with Crippen molar-refractivity contribution < 1.29 is 9.53 Å². The molecular formula is C13H17NO2. The Morgan fingerprint density at radius 2 is 2.19 bits per heavy atom. The van der Waals surface area contributed by atoms with Crippen LogP contribution in [0.4, 0.5) is 0 Å². The van der Waals surface area contributed by atoms with Gasteiger partial charge in [0.2, 0.25) is 0 Å². The number of hydrogen-bond acceptors (Lipinski definition) is 3. The number of rotatable bonds is 3. The lowest BCUT2D eigenvalue weighted by atomic mass is 9.90. The molecule has 2 N–H and O–H groups in total. The second-order valence-corrected chi connectivity index (χ2v) is 4.54. The zero-order valence-electron chi connectivity index (χ0n) is 9.69. The molecule has 1 aromatic carbocycles. The Morgan fingerprint density at radius 3 is 2.69 bits per heavy atom. The van der Waals surface area contributed by atoms with Gasteiger partial charge in [0.25, 0.3) is 0 Å². The SMILES string of the molecule is COC(=O)C1(C(N)c2cccc(C)c2)CC1. The summed E-state index contributed by atoms with van der Waals surface area (Å²) in [5.41, 5.74) is 7.89. The van der Waals surface area contributed by atoms with Crippen LogP contribution in [0.2, 0.25) is 0 Å². The molecule has 0 radical (unpaired) electrons. The summed E-state index contributed by atoms with van der Waals surface area (Å²) in [6.45, 7) is 2.02. The van der Waals surface area contributed by atoms with Crippen molar-refractivity contribution in [3.8, 4) is 0 Å². The summed E-state index contributed by atoms with van der Waals surface area (Å²) in [5, 5.41) is 0. The van der Waals surface area contributed by atoms with Crippen LogP contribution < -0.4 is 5.73 Å². The first-order valence-corrected chi connectivity index (χ1v) is 5.51. The Balaban J connectivity index is 2.26. The van der Waals surface area contributed by atoms with Crippen molar-refractivity contribution in [2.45, 2.75) is 25.8 Å². The van der Waals surface area contributed by atoms with Crippen LogP contribution in [0.15, 0.2) is 24.3 Å². The van der Waals surface area contributed by atoms with E-state index in [1.54, 1.807) is 0 Å². The van der Waals surface area contributed by atoms with Crippen LogP contribution in [0.25, 0.3) is 0 Å². The Bertz CT molecular complexity index is 410. The molecule has 0 heterocycles. The summed E-state index contributed by atoms with van der Waals surface area (Å²) in [6.07, 6.45) is 1.66. The first-order chi connectivity index (χ1) is 7.60. The summed E-state index contributed by atoms with van der Waals surface area (Å²) in [6, 6.07) is 7.75. The molecule has 3 nitrogen and oxygen atoms in total. The predicted octanol–water partition coefficient (Wildman–Crippen LogP) is 1.95. The molecule has 0 saturated heterocycles. The van der Waals surface area contributed by atoms with Gasteiger partial charge in [0.15, 0.2) is 0 Å². The number of hydrogen-bond donors (Lipinski definition) is 1. The van der Waals surface area contributed by atoms with Crippen molar-refractivity contribution in [3.63, 3.8) is 0 Å². The highest BCUT2D eigenvalue weighted by atomic mass is 16.5. The van der Waals surface area contributed by atoms with Crippen molar-refractivity contribution in [2.24, 2.45) is 11.1 Å². The zero-order valence-corrected chi connectivity index (χ0v) is 9.69. The summed E-state index contributed by atoms with van der Waals surface area (Å²) >= 11 is 0. The molecule has 0 bridgehead atoms. The Labute approximate surface area is 95.6 Å². The Morgan fingerprint density at radius 1 is 1.50 bits per heavy atom. The van der Waals surface area contributed by atoms with Crippen molar-refractivity contribution in [3.05, 3.63) is 35.4 Å². The zero-order chi connectivity index (χ0) is 11.8. The molecule has 1 aliphatic rings. The van der Waals surface area contributed by atoms with E-state index in [-0.39, 0.29) is 12.0 Å². The monoisotopic (exact) mass is 219 g/mol. The minimum absolute atomic E-state index is 0.179. The van der Waals surface area contributed by atoms with Gasteiger partial charge in [0.05, 0.1) is 12.5 Å². The molecule has 1 saturated carbocycles. The maximum atomic E-state index is 11.7. The third-order valence-corrected chi connectivity index (χ3v) is 3.38. The van der Waals surface area contributed by atoms with Gasteiger partial charge in [-0.1, -0.05) is 29.8 Å². The number of ether oxygens (including phenoxy) is 1. The van der Waals surface area contributed by atoms with E-state index in [1.807, 2.05) is 31.2 Å². The van der Waals surface area contributed by atoms with Crippen LogP contribution in [-0.4, -0.2) is 13.1 Å². The predicted molar refractivity (Wildman–Crippen MR) is 61.8 cm³/mol. The number of carbonyl (C=O) groups excluding carboxylic acids is 1. The third-order valence-electron chi connectivity index (χ3n) is 3.38. The topological polar surface area (TPSA) is 52.3 Å². The van der Waals surface area contributed by atoms with Gasteiger partial charge in [-0.25, -0.2) is 0 Å². The van der Waals surface area contributed by atoms with Crippen molar-refractivity contribution in [2.75, 3.05) is 7.11 Å². The lowest BCUT2D eigenvalue weighted by molar-refractivity contribution is -0.148. The second kappa shape index (κ2) is 3.91. The van der Waals surface area contributed by atoms with Gasteiger partial charge >= 0.3 is 5.97 Å². The lowest BCUT2D eigenvalue weighted by Crippen LogP contribution is -2.31. The summed E-state index contributed by atoms with van der Waals surface area (Å²) < 4.78 is 4.83. The van der Waals surface area contributed by atoms with Gasteiger partial charge in [-0.3, -0.25) is 4.79 Å². The minimum Gasteiger partial charge on any atom is -0.469 e. The van der Waals surface area contributed by atoms with Crippen LogP contribution in [0, 0.1) is 12.3 Å². The van der Waals surface area contributed by atoms with E-state index in [1.165, 1.54) is 7.11 Å². The number of methoxy groups -OCH3 is 1. The Kier molecular flexibility index (Phi) is 2.72. The number of aryl methyl sites for hydroxylation is 1. The first kappa shape index (κ1) is 11.1. The van der Waals surface area contributed by atoms with Crippen LogP contribution >= 0.6 is 0 Å². The molecule has 16 heavy (non-hydrogen) atoms. The molecule has 3 heteroatoms. The van der Waals surface area contributed by atoms with Crippen molar-refractivity contribution >= 4 is 5.97 Å². The highest BCUT2D eigenvalue weighted by Crippen LogP contribution is 2.54. The molecule has 1 aliphatic carbocycles.